The smallest absolute Gasteiger partial charge is 0.307 e. The molecule has 0 atom stereocenters. The van der Waals surface area contributed by atoms with Gasteiger partial charge in [-0.2, -0.15) is 13.2 Å². The number of carbonyl (C=O) groups is 1. The number of aliphatic imine (C=N–C) groups is 1. The Morgan fingerprint density at radius 1 is 1.33 bits per heavy atom. The lowest BCUT2D eigenvalue weighted by molar-refractivity contribution is -0.137. The van der Waals surface area contributed by atoms with E-state index in [1.165, 1.54) is 11.0 Å². The molecule has 2 aliphatic heterocycles. The first kappa shape index (κ1) is 11.1. The summed E-state index contributed by atoms with van der Waals surface area (Å²) in [5.74, 6) is 0.319. The highest BCUT2D eigenvalue weighted by molar-refractivity contribution is 6.19. The van der Waals surface area contributed by atoms with Gasteiger partial charge in [-0.05, 0) is 18.2 Å². The molecule has 2 heterocycles. The second-order valence-electron chi connectivity index (χ2n) is 4.05. The third kappa shape index (κ3) is 1.54. The average molecular weight is 255 g/mol. The highest BCUT2D eigenvalue weighted by Gasteiger charge is 2.36. The lowest BCUT2D eigenvalue weighted by Crippen LogP contribution is -2.42. The largest absolute Gasteiger partial charge is 0.416 e. The van der Waals surface area contributed by atoms with E-state index in [4.69, 9.17) is 0 Å². The summed E-state index contributed by atoms with van der Waals surface area (Å²) in [4.78, 5) is 17.1. The summed E-state index contributed by atoms with van der Waals surface area (Å²) in [6.45, 7) is 0.815. The molecule has 94 valence electrons. The first-order valence-corrected chi connectivity index (χ1v) is 5.31. The van der Waals surface area contributed by atoms with Gasteiger partial charge in [0.25, 0.3) is 0 Å². The normalized spacial score (nSPS) is 18.1. The molecule has 0 saturated carbocycles. The molecule has 0 radical (unpaired) electrons. The van der Waals surface area contributed by atoms with Gasteiger partial charge in [0.15, 0.2) is 0 Å². The Kier molecular flexibility index (Phi) is 2.13. The van der Waals surface area contributed by atoms with Crippen molar-refractivity contribution in [1.29, 1.82) is 0 Å². The van der Waals surface area contributed by atoms with E-state index in [1.807, 2.05) is 0 Å². The predicted octanol–water partition coefficient (Wildman–Crippen LogP) is 2.31. The van der Waals surface area contributed by atoms with Crippen LogP contribution in [-0.2, 0) is 6.18 Å². The van der Waals surface area contributed by atoms with Crippen molar-refractivity contribution in [3.8, 4) is 0 Å². The lowest BCUT2D eigenvalue weighted by atomic mass is 10.1. The molecule has 0 aliphatic carbocycles. The summed E-state index contributed by atoms with van der Waals surface area (Å²) in [6, 6.07) is 2.88. The Hall–Kier alpha value is -2.05. The minimum atomic E-state index is -4.40. The maximum atomic E-state index is 12.6. The number of amides is 2. The van der Waals surface area contributed by atoms with Crippen LogP contribution < -0.4 is 5.32 Å². The Bertz CT molecular complexity index is 565. The van der Waals surface area contributed by atoms with Crippen molar-refractivity contribution in [2.24, 2.45) is 4.99 Å². The molecule has 7 heteroatoms. The Labute approximate surface area is 100 Å². The summed E-state index contributed by atoms with van der Waals surface area (Å²) in [6.07, 6.45) is -4.40. The zero-order chi connectivity index (χ0) is 12.9. The van der Waals surface area contributed by atoms with Crippen LogP contribution in [0.5, 0.6) is 0 Å². The molecule has 4 nitrogen and oxygen atoms in total. The topological polar surface area (TPSA) is 44.7 Å². The molecule has 2 aliphatic rings. The van der Waals surface area contributed by atoms with Gasteiger partial charge in [0.2, 0.25) is 0 Å². The SMILES string of the molecule is O=C1Nc2ccc(C(F)(F)F)cc2C2=NCCN12. The number of hydrogen-bond acceptors (Lipinski definition) is 2. The van der Waals surface area contributed by atoms with Crippen LogP contribution in [0.3, 0.4) is 0 Å². The van der Waals surface area contributed by atoms with Crippen LogP contribution in [0.4, 0.5) is 23.7 Å². The summed E-state index contributed by atoms with van der Waals surface area (Å²) in [5.41, 5.74) is -0.0567. The fourth-order valence-electron chi connectivity index (χ4n) is 2.07. The fourth-order valence-corrected chi connectivity index (χ4v) is 2.07. The molecule has 0 saturated heterocycles. The van der Waals surface area contributed by atoms with Crippen LogP contribution in [0.25, 0.3) is 0 Å². The number of alkyl halides is 3. The molecule has 3 rings (SSSR count). The van der Waals surface area contributed by atoms with E-state index in [-0.39, 0.29) is 6.03 Å². The number of fused-ring (bicyclic) bond motifs is 3. The van der Waals surface area contributed by atoms with Crippen LogP contribution in [0.2, 0.25) is 0 Å². The van der Waals surface area contributed by atoms with E-state index in [2.05, 4.69) is 10.3 Å². The van der Waals surface area contributed by atoms with Crippen molar-refractivity contribution in [1.82, 2.24) is 4.90 Å². The minimum absolute atomic E-state index is 0.319. The van der Waals surface area contributed by atoms with Crippen molar-refractivity contribution < 1.29 is 18.0 Å². The van der Waals surface area contributed by atoms with Crippen LogP contribution in [-0.4, -0.2) is 29.9 Å². The lowest BCUT2D eigenvalue weighted by Gasteiger charge is -2.27. The third-order valence-electron chi connectivity index (χ3n) is 2.92. The summed E-state index contributed by atoms with van der Waals surface area (Å²) in [5, 5.41) is 2.55. The molecular weight excluding hydrogens is 247 g/mol. The van der Waals surface area contributed by atoms with E-state index in [0.29, 0.717) is 30.2 Å². The van der Waals surface area contributed by atoms with Crippen molar-refractivity contribution in [2.45, 2.75) is 6.18 Å². The van der Waals surface area contributed by atoms with Gasteiger partial charge in [-0.3, -0.25) is 9.89 Å². The molecule has 18 heavy (non-hydrogen) atoms. The number of anilines is 1. The van der Waals surface area contributed by atoms with Gasteiger partial charge in [-0.25, -0.2) is 4.79 Å². The van der Waals surface area contributed by atoms with E-state index < -0.39 is 11.7 Å². The van der Waals surface area contributed by atoms with Crippen molar-refractivity contribution in [3.63, 3.8) is 0 Å². The number of carbonyl (C=O) groups excluding carboxylic acids is 1. The minimum Gasteiger partial charge on any atom is -0.307 e. The van der Waals surface area contributed by atoms with Gasteiger partial charge in [-0.1, -0.05) is 0 Å². The van der Waals surface area contributed by atoms with Crippen molar-refractivity contribution >= 4 is 17.6 Å². The molecular formula is C11H8F3N3O. The van der Waals surface area contributed by atoms with Gasteiger partial charge in [0, 0.05) is 12.1 Å². The number of nitrogens with one attached hydrogen (secondary N) is 1. The van der Waals surface area contributed by atoms with Gasteiger partial charge < -0.3 is 5.32 Å². The summed E-state index contributed by atoms with van der Waals surface area (Å²) >= 11 is 0. The fraction of sp³-hybridized carbons (Fsp3) is 0.273. The van der Waals surface area contributed by atoms with E-state index >= 15 is 0 Å². The number of benzene rings is 1. The number of urea groups is 1. The van der Waals surface area contributed by atoms with E-state index in [0.717, 1.165) is 12.1 Å². The molecule has 1 aromatic rings. The van der Waals surface area contributed by atoms with Crippen molar-refractivity contribution in [3.05, 3.63) is 29.3 Å². The Morgan fingerprint density at radius 2 is 2.11 bits per heavy atom. The number of rotatable bonds is 0. The maximum absolute atomic E-state index is 12.6. The van der Waals surface area contributed by atoms with Crippen LogP contribution in [0, 0.1) is 0 Å². The van der Waals surface area contributed by atoms with Crippen LogP contribution in [0.1, 0.15) is 11.1 Å². The van der Waals surface area contributed by atoms with Gasteiger partial charge >= 0.3 is 12.2 Å². The maximum Gasteiger partial charge on any atom is 0.416 e. The zero-order valence-corrected chi connectivity index (χ0v) is 9.08. The first-order chi connectivity index (χ1) is 8.47. The van der Waals surface area contributed by atoms with Crippen molar-refractivity contribution in [2.75, 3.05) is 18.4 Å². The number of nitrogens with zero attached hydrogens (tertiary/aromatic N) is 2. The molecule has 1 aromatic carbocycles. The standard InChI is InChI=1S/C11H8F3N3O/c12-11(13,14)6-1-2-8-7(5-6)9-15-3-4-17(9)10(18)16-8/h1-2,5H,3-4H2,(H,16,18). The monoisotopic (exact) mass is 255 g/mol. The molecule has 0 aromatic heterocycles. The summed E-state index contributed by atoms with van der Waals surface area (Å²) in [7, 11) is 0. The average Bonchev–Trinajstić information content (AvgIpc) is 2.77. The number of halogens is 3. The molecule has 2 amide bonds. The highest BCUT2D eigenvalue weighted by Crippen LogP contribution is 2.34. The van der Waals surface area contributed by atoms with Gasteiger partial charge in [0.1, 0.15) is 5.84 Å². The molecule has 0 bridgehead atoms. The van der Waals surface area contributed by atoms with E-state index in [9.17, 15) is 18.0 Å². The molecule has 0 unspecified atom stereocenters. The predicted molar refractivity (Wildman–Crippen MR) is 58.6 cm³/mol. The quantitative estimate of drug-likeness (QED) is 0.759. The molecule has 0 fully saturated rings. The third-order valence-corrected chi connectivity index (χ3v) is 2.92. The first-order valence-electron chi connectivity index (χ1n) is 5.31. The van der Waals surface area contributed by atoms with Gasteiger partial charge in [-0.15, -0.1) is 0 Å². The van der Waals surface area contributed by atoms with Crippen LogP contribution in [0.15, 0.2) is 23.2 Å². The highest BCUT2D eigenvalue weighted by atomic mass is 19.4. The van der Waals surface area contributed by atoms with Gasteiger partial charge in [0.05, 0.1) is 17.8 Å². The summed E-state index contributed by atoms with van der Waals surface area (Å²) < 4.78 is 37.9. The van der Waals surface area contributed by atoms with E-state index in [1.54, 1.807) is 0 Å². The second kappa shape index (κ2) is 3.47. The molecule has 0 spiro atoms. The Morgan fingerprint density at radius 3 is 2.83 bits per heavy atom. The second-order valence-corrected chi connectivity index (χ2v) is 4.05. The zero-order valence-electron chi connectivity index (χ0n) is 9.08. The number of hydrogen-bond donors (Lipinski definition) is 1. The number of amidine groups is 1. The molecule has 1 N–H and O–H groups in total. The van der Waals surface area contributed by atoms with Crippen LogP contribution >= 0.6 is 0 Å². The Balaban J connectivity index is 2.14.